The van der Waals surface area contributed by atoms with Crippen LogP contribution in [0, 0.1) is 6.92 Å². The zero-order valence-electron chi connectivity index (χ0n) is 12.2. The van der Waals surface area contributed by atoms with Gasteiger partial charge in [0.15, 0.2) is 0 Å². The Hall–Kier alpha value is -1.71. The maximum Gasteiger partial charge on any atom is 0.410 e. The molecule has 0 saturated carbocycles. The molecule has 1 aliphatic heterocycles. The number of fused-ring (bicyclic) bond motifs is 1. The highest BCUT2D eigenvalue weighted by Gasteiger charge is 2.28. The Morgan fingerprint density at radius 1 is 1.21 bits per heavy atom. The summed E-state index contributed by atoms with van der Waals surface area (Å²) in [5, 5.41) is 0. The highest BCUT2D eigenvalue weighted by atomic mass is 16.6. The topological polar surface area (TPSA) is 38.8 Å². The van der Waals surface area contributed by atoms with Crippen LogP contribution >= 0.6 is 0 Å². The van der Waals surface area contributed by atoms with Gasteiger partial charge in [-0.25, -0.2) is 4.79 Å². The predicted octanol–water partition coefficient (Wildman–Crippen LogP) is 3.25. The van der Waals surface area contributed by atoms with Crippen LogP contribution in [0.5, 0.6) is 5.75 Å². The van der Waals surface area contributed by atoms with Gasteiger partial charge in [0.25, 0.3) is 0 Å². The summed E-state index contributed by atoms with van der Waals surface area (Å²) in [5.41, 5.74) is 2.93. The lowest BCUT2D eigenvalue weighted by Crippen LogP contribution is -2.33. The standard InChI is InChI=1S/C15H21NO3/c1-10-6-11-8-16(14(17)19-15(2,3)4)9-12(11)7-13(10)18-5/h6-7H,8-9H2,1-5H3. The minimum absolute atomic E-state index is 0.264. The second kappa shape index (κ2) is 4.76. The molecule has 1 aromatic carbocycles. The smallest absolute Gasteiger partial charge is 0.410 e. The van der Waals surface area contributed by atoms with E-state index in [9.17, 15) is 4.79 Å². The van der Waals surface area contributed by atoms with Gasteiger partial charge < -0.3 is 9.47 Å². The molecule has 0 bridgehead atoms. The van der Waals surface area contributed by atoms with Crippen LogP contribution < -0.4 is 4.74 Å². The van der Waals surface area contributed by atoms with Crippen LogP contribution in [-0.2, 0) is 17.8 Å². The minimum atomic E-state index is -0.459. The molecule has 0 fully saturated rings. The summed E-state index contributed by atoms with van der Waals surface area (Å²) in [4.78, 5) is 13.8. The van der Waals surface area contributed by atoms with Crippen LogP contribution in [0.25, 0.3) is 0 Å². The molecule has 4 nitrogen and oxygen atoms in total. The van der Waals surface area contributed by atoms with Crippen molar-refractivity contribution in [1.29, 1.82) is 0 Å². The lowest BCUT2D eigenvalue weighted by atomic mass is 10.1. The van der Waals surface area contributed by atoms with E-state index in [4.69, 9.17) is 9.47 Å². The van der Waals surface area contributed by atoms with Crippen molar-refractivity contribution in [3.8, 4) is 5.75 Å². The molecule has 4 heteroatoms. The molecule has 0 aromatic heterocycles. The molecule has 1 aromatic rings. The van der Waals surface area contributed by atoms with E-state index >= 15 is 0 Å². The number of carbonyl (C=O) groups excluding carboxylic acids is 1. The van der Waals surface area contributed by atoms with Gasteiger partial charge in [-0.05, 0) is 50.5 Å². The molecule has 1 amide bonds. The van der Waals surface area contributed by atoms with E-state index in [-0.39, 0.29) is 6.09 Å². The minimum Gasteiger partial charge on any atom is -0.496 e. The average Bonchev–Trinajstić information content (AvgIpc) is 2.68. The fourth-order valence-corrected chi connectivity index (χ4v) is 2.23. The summed E-state index contributed by atoms with van der Waals surface area (Å²) in [6.07, 6.45) is -0.264. The first-order chi connectivity index (χ1) is 8.80. The molecule has 2 rings (SSSR count). The van der Waals surface area contributed by atoms with E-state index in [1.54, 1.807) is 12.0 Å². The second-order valence-corrected chi connectivity index (χ2v) is 5.93. The van der Waals surface area contributed by atoms with Crippen molar-refractivity contribution < 1.29 is 14.3 Å². The molecular weight excluding hydrogens is 242 g/mol. The SMILES string of the molecule is COc1cc2c(cc1C)CN(C(=O)OC(C)(C)C)C2. The van der Waals surface area contributed by atoms with Gasteiger partial charge in [0.2, 0.25) is 0 Å². The molecule has 0 atom stereocenters. The molecular formula is C15H21NO3. The zero-order chi connectivity index (χ0) is 14.2. The van der Waals surface area contributed by atoms with Crippen molar-refractivity contribution in [3.63, 3.8) is 0 Å². The maximum absolute atomic E-state index is 12.0. The first-order valence-electron chi connectivity index (χ1n) is 6.44. The summed E-state index contributed by atoms with van der Waals surface area (Å²) >= 11 is 0. The van der Waals surface area contributed by atoms with Crippen LogP contribution in [0.15, 0.2) is 12.1 Å². The van der Waals surface area contributed by atoms with Crippen LogP contribution in [0.4, 0.5) is 4.79 Å². The van der Waals surface area contributed by atoms with Crippen molar-refractivity contribution in [2.75, 3.05) is 7.11 Å². The molecule has 1 aliphatic rings. The zero-order valence-corrected chi connectivity index (χ0v) is 12.2. The van der Waals surface area contributed by atoms with E-state index < -0.39 is 5.60 Å². The van der Waals surface area contributed by atoms with Gasteiger partial charge in [-0.2, -0.15) is 0 Å². The molecule has 0 aliphatic carbocycles. The predicted molar refractivity (Wildman–Crippen MR) is 73.2 cm³/mol. The summed E-state index contributed by atoms with van der Waals surface area (Å²) in [7, 11) is 1.66. The lowest BCUT2D eigenvalue weighted by Gasteiger charge is -2.24. The van der Waals surface area contributed by atoms with E-state index in [1.165, 1.54) is 5.56 Å². The number of nitrogens with zero attached hydrogens (tertiary/aromatic N) is 1. The second-order valence-electron chi connectivity index (χ2n) is 5.93. The number of hydrogen-bond acceptors (Lipinski definition) is 3. The van der Waals surface area contributed by atoms with Crippen LogP contribution in [0.3, 0.4) is 0 Å². The molecule has 19 heavy (non-hydrogen) atoms. The Morgan fingerprint density at radius 3 is 2.32 bits per heavy atom. The van der Waals surface area contributed by atoms with Gasteiger partial charge in [0, 0.05) is 13.1 Å². The average molecular weight is 263 g/mol. The summed E-state index contributed by atoms with van der Waals surface area (Å²) in [5.74, 6) is 0.866. The summed E-state index contributed by atoms with van der Waals surface area (Å²) in [6.45, 7) is 8.83. The lowest BCUT2D eigenvalue weighted by molar-refractivity contribution is 0.0242. The van der Waals surface area contributed by atoms with Gasteiger partial charge in [0.05, 0.1) is 7.11 Å². The monoisotopic (exact) mass is 263 g/mol. The number of hydrogen-bond donors (Lipinski definition) is 0. The highest BCUT2D eigenvalue weighted by molar-refractivity contribution is 5.69. The van der Waals surface area contributed by atoms with E-state index in [1.807, 2.05) is 33.8 Å². The van der Waals surface area contributed by atoms with Gasteiger partial charge in [-0.1, -0.05) is 6.07 Å². The van der Waals surface area contributed by atoms with Crippen molar-refractivity contribution in [1.82, 2.24) is 4.90 Å². The van der Waals surface area contributed by atoms with Crippen molar-refractivity contribution in [3.05, 3.63) is 28.8 Å². The molecule has 0 radical (unpaired) electrons. The fourth-order valence-electron chi connectivity index (χ4n) is 2.23. The largest absolute Gasteiger partial charge is 0.496 e. The normalized spacial score (nSPS) is 14.3. The Kier molecular flexibility index (Phi) is 3.43. The molecule has 1 heterocycles. The molecule has 0 spiro atoms. The van der Waals surface area contributed by atoms with E-state index in [0.717, 1.165) is 16.9 Å². The number of rotatable bonds is 1. The van der Waals surface area contributed by atoms with Crippen molar-refractivity contribution in [2.45, 2.75) is 46.4 Å². The number of carbonyl (C=O) groups is 1. The van der Waals surface area contributed by atoms with Crippen molar-refractivity contribution >= 4 is 6.09 Å². The van der Waals surface area contributed by atoms with Gasteiger partial charge in [-0.15, -0.1) is 0 Å². The first kappa shape index (κ1) is 13.7. The maximum atomic E-state index is 12.0. The number of ether oxygens (including phenoxy) is 2. The molecule has 0 saturated heterocycles. The Bertz CT molecular complexity index is 503. The third kappa shape index (κ3) is 3.00. The first-order valence-corrected chi connectivity index (χ1v) is 6.44. The van der Waals surface area contributed by atoms with Gasteiger partial charge >= 0.3 is 6.09 Å². The molecule has 0 N–H and O–H groups in total. The number of aryl methyl sites for hydroxylation is 1. The Balaban J connectivity index is 2.14. The van der Waals surface area contributed by atoms with Crippen LogP contribution in [-0.4, -0.2) is 23.7 Å². The van der Waals surface area contributed by atoms with Crippen molar-refractivity contribution in [2.24, 2.45) is 0 Å². The van der Waals surface area contributed by atoms with Crippen LogP contribution in [0.2, 0.25) is 0 Å². The molecule has 0 unspecified atom stereocenters. The van der Waals surface area contributed by atoms with Gasteiger partial charge in [-0.3, -0.25) is 4.90 Å². The number of methoxy groups -OCH3 is 1. The van der Waals surface area contributed by atoms with Crippen LogP contribution in [0.1, 0.15) is 37.5 Å². The van der Waals surface area contributed by atoms with E-state index in [2.05, 4.69) is 6.07 Å². The summed E-state index contributed by atoms with van der Waals surface area (Å²) < 4.78 is 10.7. The third-order valence-electron chi connectivity index (χ3n) is 3.09. The van der Waals surface area contributed by atoms with E-state index in [0.29, 0.717) is 13.1 Å². The quantitative estimate of drug-likeness (QED) is 0.780. The highest BCUT2D eigenvalue weighted by Crippen LogP contribution is 2.30. The molecule has 104 valence electrons. The number of amides is 1. The van der Waals surface area contributed by atoms with Gasteiger partial charge in [0.1, 0.15) is 11.4 Å². The fraction of sp³-hybridized carbons (Fsp3) is 0.533. The Morgan fingerprint density at radius 2 is 1.79 bits per heavy atom. The number of benzene rings is 1. The summed E-state index contributed by atoms with van der Waals surface area (Å²) in [6, 6.07) is 4.09. The Labute approximate surface area is 114 Å². The third-order valence-corrected chi connectivity index (χ3v) is 3.09.